The number of amides is 1. The van der Waals surface area contributed by atoms with E-state index in [1.54, 1.807) is 12.1 Å². The SMILES string of the molecule is CC(=O)[C@H](Cc1ccccc1)NC(=O)COC(=O)c1ccc(OC(F)(F)F)cc1. The molecule has 1 N–H and O–H groups in total. The Bertz CT molecular complexity index is 851. The van der Waals surface area contributed by atoms with Gasteiger partial charge in [-0.2, -0.15) is 0 Å². The van der Waals surface area contributed by atoms with Crippen LogP contribution < -0.4 is 10.1 Å². The highest BCUT2D eigenvalue weighted by atomic mass is 19.4. The standard InChI is InChI=1S/C20H18F3NO5/c1-13(25)17(11-14-5-3-2-4-6-14)24-18(26)12-28-19(27)15-7-9-16(10-8-15)29-20(21,22)23/h2-10,17H,11-12H2,1H3,(H,24,26)/t17-/m0/s1. The zero-order valence-electron chi connectivity index (χ0n) is 15.4. The van der Waals surface area contributed by atoms with E-state index in [9.17, 15) is 27.6 Å². The van der Waals surface area contributed by atoms with Gasteiger partial charge in [-0.3, -0.25) is 9.59 Å². The number of benzene rings is 2. The number of ketones is 1. The van der Waals surface area contributed by atoms with E-state index in [2.05, 4.69) is 10.1 Å². The van der Waals surface area contributed by atoms with E-state index in [1.807, 2.05) is 18.2 Å². The summed E-state index contributed by atoms with van der Waals surface area (Å²) in [6.45, 7) is 0.697. The van der Waals surface area contributed by atoms with Gasteiger partial charge in [0.2, 0.25) is 0 Å². The van der Waals surface area contributed by atoms with Crippen LogP contribution in [0.25, 0.3) is 0 Å². The monoisotopic (exact) mass is 409 g/mol. The van der Waals surface area contributed by atoms with Crippen LogP contribution >= 0.6 is 0 Å². The molecule has 0 spiro atoms. The first-order valence-electron chi connectivity index (χ1n) is 8.51. The van der Waals surface area contributed by atoms with Crippen molar-refractivity contribution in [3.63, 3.8) is 0 Å². The summed E-state index contributed by atoms with van der Waals surface area (Å²) in [6, 6.07) is 12.4. The molecule has 0 saturated heterocycles. The van der Waals surface area contributed by atoms with Gasteiger partial charge >= 0.3 is 12.3 Å². The Morgan fingerprint density at radius 2 is 1.62 bits per heavy atom. The minimum Gasteiger partial charge on any atom is -0.452 e. The molecule has 2 aromatic rings. The van der Waals surface area contributed by atoms with Crippen molar-refractivity contribution < 1.29 is 37.0 Å². The fourth-order valence-electron chi connectivity index (χ4n) is 2.39. The van der Waals surface area contributed by atoms with Crippen LogP contribution in [0.2, 0.25) is 0 Å². The van der Waals surface area contributed by atoms with E-state index in [0.717, 1.165) is 29.8 Å². The number of Topliss-reactive ketones (excluding diaryl/α,β-unsaturated/α-hetero) is 1. The van der Waals surface area contributed by atoms with Crippen LogP contribution in [0.1, 0.15) is 22.8 Å². The Kier molecular flexibility index (Phi) is 7.35. The second kappa shape index (κ2) is 9.72. The minimum atomic E-state index is -4.84. The predicted molar refractivity (Wildman–Crippen MR) is 96.2 cm³/mol. The summed E-state index contributed by atoms with van der Waals surface area (Å²) in [7, 11) is 0. The number of rotatable bonds is 8. The topological polar surface area (TPSA) is 81.7 Å². The fourth-order valence-corrected chi connectivity index (χ4v) is 2.39. The lowest BCUT2D eigenvalue weighted by Crippen LogP contribution is -2.43. The van der Waals surface area contributed by atoms with Crippen molar-refractivity contribution in [2.75, 3.05) is 6.61 Å². The van der Waals surface area contributed by atoms with Gasteiger partial charge in [-0.1, -0.05) is 30.3 Å². The molecule has 154 valence electrons. The molecule has 2 rings (SSSR count). The summed E-state index contributed by atoms with van der Waals surface area (Å²) < 4.78 is 44.9. The minimum absolute atomic E-state index is 0.0558. The lowest BCUT2D eigenvalue weighted by molar-refractivity contribution is -0.274. The molecule has 0 aromatic heterocycles. The van der Waals surface area contributed by atoms with Crippen molar-refractivity contribution in [2.24, 2.45) is 0 Å². The highest BCUT2D eigenvalue weighted by molar-refractivity contribution is 5.92. The molecule has 6 nitrogen and oxygen atoms in total. The molecular formula is C20H18F3NO5. The number of carbonyl (C=O) groups excluding carboxylic acids is 3. The van der Waals surface area contributed by atoms with Crippen LogP contribution in [0.4, 0.5) is 13.2 Å². The van der Waals surface area contributed by atoms with E-state index < -0.39 is 36.6 Å². The van der Waals surface area contributed by atoms with E-state index in [1.165, 1.54) is 6.92 Å². The van der Waals surface area contributed by atoms with Crippen molar-refractivity contribution >= 4 is 17.7 Å². The lowest BCUT2D eigenvalue weighted by atomic mass is 10.0. The van der Waals surface area contributed by atoms with E-state index in [4.69, 9.17) is 4.74 Å². The average Bonchev–Trinajstić information content (AvgIpc) is 2.65. The highest BCUT2D eigenvalue weighted by Gasteiger charge is 2.31. The van der Waals surface area contributed by atoms with Gasteiger partial charge in [0.1, 0.15) is 5.75 Å². The van der Waals surface area contributed by atoms with Crippen LogP contribution in [-0.2, 0) is 20.7 Å². The van der Waals surface area contributed by atoms with Crippen molar-refractivity contribution in [1.29, 1.82) is 0 Å². The second-order valence-corrected chi connectivity index (χ2v) is 6.07. The van der Waals surface area contributed by atoms with Gasteiger partial charge in [0.25, 0.3) is 5.91 Å². The number of hydrogen-bond donors (Lipinski definition) is 1. The number of alkyl halides is 3. The molecular weight excluding hydrogens is 391 g/mol. The molecule has 1 atom stereocenters. The number of carbonyl (C=O) groups is 3. The summed E-state index contributed by atoms with van der Waals surface area (Å²) >= 11 is 0. The average molecular weight is 409 g/mol. The summed E-state index contributed by atoms with van der Waals surface area (Å²) in [4.78, 5) is 35.7. The number of nitrogens with one attached hydrogen (secondary N) is 1. The maximum absolute atomic E-state index is 12.1. The van der Waals surface area contributed by atoms with Crippen molar-refractivity contribution in [2.45, 2.75) is 25.7 Å². The van der Waals surface area contributed by atoms with Crippen LogP contribution in [-0.4, -0.2) is 36.7 Å². The Balaban J connectivity index is 1.87. The lowest BCUT2D eigenvalue weighted by Gasteiger charge is -2.16. The summed E-state index contributed by atoms with van der Waals surface area (Å²) in [5.74, 6) is -2.32. The van der Waals surface area contributed by atoms with Gasteiger partial charge in [0.05, 0.1) is 11.6 Å². The van der Waals surface area contributed by atoms with Gasteiger partial charge in [0, 0.05) is 0 Å². The summed E-state index contributed by atoms with van der Waals surface area (Å²) in [5, 5.41) is 2.50. The van der Waals surface area contributed by atoms with Gasteiger partial charge in [-0.15, -0.1) is 13.2 Å². The van der Waals surface area contributed by atoms with E-state index in [0.29, 0.717) is 0 Å². The first-order chi connectivity index (χ1) is 13.6. The van der Waals surface area contributed by atoms with E-state index in [-0.39, 0.29) is 17.8 Å². The maximum Gasteiger partial charge on any atom is 0.573 e. The number of esters is 1. The van der Waals surface area contributed by atoms with Gasteiger partial charge in [-0.05, 0) is 43.2 Å². The zero-order chi connectivity index (χ0) is 21.4. The quantitative estimate of drug-likeness (QED) is 0.678. The maximum atomic E-state index is 12.1. The summed E-state index contributed by atoms with van der Waals surface area (Å²) in [6.07, 6.45) is -4.55. The van der Waals surface area contributed by atoms with Gasteiger partial charge < -0.3 is 14.8 Å². The number of ether oxygens (including phenoxy) is 2. The molecule has 29 heavy (non-hydrogen) atoms. The molecule has 0 radical (unpaired) electrons. The van der Waals surface area contributed by atoms with Crippen LogP contribution in [0, 0.1) is 0 Å². The molecule has 2 aromatic carbocycles. The fraction of sp³-hybridized carbons (Fsp3) is 0.250. The zero-order valence-corrected chi connectivity index (χ0v) is 15.4. The molecule has 0 fully saturated rings. The Morgan fingerprint density at radius 1 is 1.00 bits per heavy atom. The first kappa shape index (κ1) is 21.9. The van der Waals surface area contributed by atoms with Gasteiger partial charge in [-0.25, -0.2) is 4.79 Å². The van der Waals surface area contributed by atoms with Crippen LogP contribution in [0.5, 0.6) is 5.75 Å². The molecule has 0 unspecified atom stereocenters. The molecule has 9 heteroatoms. The predicted octanol–water partition coefficient (Wildman–Crippen LogP) is 3.06. The third-order valence-corrected chi connectivity index (χ3v) is 3.77. The van der Waals surface area contributed by atoms with Crippen LogP contribution in [0.3, 0.4) is 0 Å². The Labute approximate surface area is 164 Å². The third-order valence-electron chi connectivity index (χ3n) is 3.77. The molecule has 0 aliphatic rings. The largest absolute Gasteiger partial charge is 0.573 e. The third kappa shape index (κ3) is 7.65. The first-order valence-corrected chi connectivity index (χ1v) is 8.51. The highest BCUT2D eigenvalue weighted by Crippen LogP contribution is 2.22. The number of hydrogen-bond acceptors (Lipinski definition) is 5. The Morgan fingerprint density at radius 3 is 2.17 bits per heavy atom. The van der Waals surface area contributed by atoms with Gasteiger partial charge in [0.15, 0.2) is 12.4 Å². The normalized spacial score (nSPS) is 12.0. The molecule has 0 bridgehead atoms. The molecule has 0 aliphatic heterocycles. The van der Waals surface area contributed by atoms with Crippen molar-refractivity contribution in [3.8, 4) is 5.75 Å². The second-order valence-electron chi connectivity index (χ2n) is 6.07. The molecule has 1 amide bonds. The summed E-state index contributed by atoms with van der Waals surface area (Å²) in [5.41, 5.74) is 0.797. The van der Waals surface area contributed by atoms with Crippen molar-refractivity contribution in [3.05, 3.63) is 65.7 Å². The molecule has 0 aliphatic carbocycles. The molecule has 0 saturated carbocycles. The van der Waals surface area contributed by atoms with Crippen LogP contribution in [0.15, 0.2) is 54.6 Å². The molecule has 0 heterocycles. The number of halogens is 3. The van der Waals surface area contributed by atoms with Crippen molar-refractivity contribution in [1.82, 2.24) is 5.32 Å². The van der Waals surface area contributed by atoms with E-state index >= 15 is 0 Å². The Hall–Kier alpha value is -3.36. The smallest absolute Gasteiger partial charge is 0.452 e.